The van der Waals surface area contributed by atoms with Crippen LogP contribution in [0.5, 0.6) is 0 Å². The minimum Gasteiger partial charge on any atom is -0.369 e. The van der Waals surface area contributed by atoms with Gasteiger partial charge in [-0.15, -0.1) is 0 Å². The Morgan fingerprint density at radius 1 is 1.25 bits per heavy atom. The molecule has 0 saturated carbocycles. The highest BCUT2D eigenvalue weighted by Crippen LogP contribution is 2.25. The number of fused-ring (bicyclic) bond motifs is 1. The van der Waals surface area contributed by atoms with Gasteiger partial charge in [0.2, 0.25) is 17.8 Å². The Bertz CT molecular complexity index is 1020. The summed E-state index contributed by atoms with van der Waals surface area (Å²) in [5.41, 5.74) is 6.37. The van der Waals surface area contributed by atoms with Crippen molar-refractivity contribution in [1.82, 2.24) is 24.7 Å². The molecule has 2 saturated heterocycles. The SMILES string of the molecule is Cc1ccnc(SCCN2C(=[N+]3CCC(C(N)=O)CC3)N=C3C2C(=O)N(C)C(=O)N3C)n1. The number of amides is 4. The molecule has 3 aliphatic heterocycles. The number of primary amides is 1. The van der Waals surface area contributed by atoms with Crippen LogP contribution in [0.1, 0.15) is 18.5 Å². The first-order valence-electron chi connectivity index (χ1n) is 10.5. The summed E-state index contributed by atoms with van der Waals surface area (Å²) in [6.45, 7) is 3.65. The highest BCUT2D eigenvalue weighted by molar-refractivity contribution is 7.99. The normalized spacial score (nSPS) is 23.6. The van der Waals surface area contributed by atoms with E-state index in [1.807, 2.05) is 17.9 Å². The molecule has 1 aromatic rings. The van der Waals surface area contributed by atoms with Gasteiger partial charge in [0.15, 0.2) is 5.16 Å². The summed E-state index contributed by atoms with van der Waals surface area (Å²) in [5, 5.41) is 0.675. The van der Waals surface area contributed by atoms with Crippen molar-refractivity contribution in [1.29, 1.82) is 0 Å². The van der Waals surface area contributed by atoms with Crippen molar-refractivity contribution in [3.8, 4) is 0 Å². The average Bonchev–Trinajstić information content (AvgIpc) is 3.16. The van der Waals surface area contributed by atoms with Gasteiger partial charge in [-0.05, 0) is 25.8 Å². The Morgan fingerprint density at radius 2 is 1.97 bits per heavy atom. The quantitative estimate of drug-likeness (QED) is 0.365. The average molecular weight is 460 g/mol. The minimum atomic E-state index is -0.661. The molecular weight excluding hydrogens is 432 g/mol. The van der Waals surface area contributed by atoms with Crippen LogP contribution in [0.15, 0.2) is 22.4 Å². The molecule has 1 aromatic heterocycles. The van der Waals surface area contributed by atoms with Gasteiger partial charge >= 0.3 is 12.0 Å². The number of urea groups is 1. The van der Waals surface area contributed by atoms with E-state index in [1.54, 1.807) is 13.2 Å². The van der Waals surface area contributed by atoms with Gasteiger partial charge in [0, 0.05) is 37.7 Å². The highest BCUT2D eigenvalue weighted by atomic mass is 32.2. The Kier molecular flexibility index (Phi) is 6.13. The number of hydrogen-bond donors (Lipinski definition) is 1. The highest BCUT2D eigenvalue weighted by Gasteiger charge is 2.55. The third-order valence-corrected chi connectivity index (χ3v) is 6.87. The second-order valence-corrected chi connectivity index (χ2v) is 9.16. The lowest BCUT2D eigenvalue weighted by atomic mass is 9.97. The fourth-order valence-corrected chi connectivity index (χ4v) is 4.98. The largest absolute Gasteiger partial charge is 0.392 e. The lowest BCUT2D eigenvalue weighted by molar-refractivity contribution is -0.544. The van der Waals surface area contributed by atoms with E-state index in [2.05, 4.69) is 14.5 Å². The molecule has 4 amide bonds. The molecule has 1 unspecified atom stereocenters. The zero-order valence-electron chi connectivity index (χ0n) is 18.4. The van der Waals surface area contributed by atoms with E-state index in [9.17, 15) is 14.4 Å². The van der Waals surface area contributed by atoms with Crippen LogP contribution in [-0.2, 0) is 9.59 Å². The van der Waals surface area contributed by atoms with Gasteiger partial charge in [-0.2, -0.15) is 0 Å². The summed E-state index contributed by atoms with van der Waals surface area (Å²) in [4.78, 5) is 55.0. The van der Waals surface area contributed by atoms with E-state index < -0.39 is 12.1 Å². The first kappa shape index (κ1) is 22.2. The summed E-state index contributed by atoms with van der Waals surface area (Å²) >= 11 is 1.50. The van der Waals surface area contributed by atoms with Crippen LogP contribution >= 0.6 is 11.8 Å². The monoisotopic (exact) mass is 459 g/mol. The molecule has 11 nitrogen and oxygen atoms in total. The Morgan fingerprint density at radius 3 is 2.62 bits per heavy atom. The van der Waals surface area contributed by atoms with Crippen LogP contribution in [-0.4, -0.2) is 104 Å². The maximum absolute atomic E-state index is 13.1. The van der Waals surface area contributed by atoms with Crippen molar-refractivity contribution in [3.63, 3.8) is 0 Å². The number of carbonyl (C=O) groups excluding carboxylic acids is 3. The number of carbonyl (C=O) groups is 3. The minimum absolute atomic E-state index is 0.150. The molecular formula is C20H27N8O3S+. The number of piperidine rings is 1. The van der Waals surface area contributed by atoms with Gasteiger partial charge in [-0.1, -0.05) is 16.8 Å². The van der Waals surface area contributed by atoms with E-state index in [4.69, 9.17) is 10.7 Å². The smallest absolute Gasteiger partial charge is 0.369 e. The summed E-state index contributed by atoms with van der Waals surface area (Å²) in [6.07, 6.45) is 3.00. The number of hydrogen-bond acceptors (Lipinski definition) is 6. The second-order valence-electron chi connectivity index (χ2n) is 8.10. The van der Waals surface area contributed by atoms with Crippen molar-refractivity contribution in [2.75, 3.05) is 39.5 Å². The van der Waals surface area contributed by atoms with Crippen LogP contribution < -0.4 is 5.73 Å². The number of aliphatic imine (C=N–C) groups is 1. The zero-order valence-corrected chi connectivity index (χ0v) is 19.2. The zero-order chi connectivity index (χ0) is 23.0. The van der Waals surface area contributed by atoms with Crippen molar-refractivity contribution < 1.29 is 19.0 Å². The Labute approximate surface area is 190 Å². The van der Waals surface area contributed by atoms with Gasteiger partial charge in [0.1, 0.15) is 0 Å². The summed E-state index contributed by atoms with van der Waals surface area (Å²) in [7, 11) is 3.12. The molecule has 0 spiro atoms. The van der Waals surface area contributed by atoms with Crippen molar-refractivity contribution in [2.24, 2.45) is 16.6 Å². The van der Waals surface area contributed by atoms with E-state index >= 15 is 0 Å². The summed E-state index contributed by atoms with van der Waals surface area (Å²) < 4.78 is 2.07. The van der Waals surface area contributed by atoms with Gasteiger partial charge in [-0.3, -0.25) is 24.0 Å². The summed E-state index contributed by atoms with van der Waals surface area (Å²) in [6, 6.07) is 0.780. The molecule has 1 atom stereocenters. The van der Waals surface area contributed by atoms with Gasteiger partial charge in [0.25, 0.3) is 5.91 Å². The standard InChI is InChI=1S/C20H26N8O3S/c1-12-4-7-22-18(23-12)32-11-10-28-14-16(25(2)20(31)26(3)17(14)30)24-19(28)27-8-5-13(6-9-27)15(21)29/h4,7,13-14H,5-6,8-11H2,1-3H3,(H-,21,29)/p+1. The van der Waals surface area contributed by atoms with E-state index in [0.29, 0.717) is 55.2 Å². The number of thioether (sulfide) groups is 1. The molecule has 4 rings (SSSR count). The molecule has 4 heterocycles. The van der Waals surface area contributed by atoms with Crippen molar-refractivity contribution in [3.05, 3.63) is 18.0 Å². The molecule has 2 N–H and O–H groups in total. The van der Waals surface area contributed by atoms with Crippen LogP contribution in [0.25, 0.3) is 0 Å². The number of amidine groups is 1. The number of imide groups is 1. The number of rotatable bonds is 5. The number of nitrogens with two attached hydrogens (primary N) is 1. The molecule has 32 heavy (non-hydrogen) atoms. The first-order chi connectivity index (χ1) is 15.3. The number of aromatic nitrogens is 2. The van der Waals surface area contributed by atoms with Crippen molar-refractivity contribution in [2.45, 2.75) is 31.0 Å². The first-order valence-corrected chi connectivity index (χ1v) is 11.5. The topological polar surface area (TPSA) is 128 Å². The molecule has 2 fully saturated rings. The number of aryl methyl sites for hydroxylation is 1. The maximum Gasteiger partial charge on any atom is 0.392 e. The van der Waals surface area contributed by atoms with Crippen LogP contribution in [0, 0.1) is 12.8 Å². The predicted octanol–water partition coefficient (Wildman–Crippen LogP) is -0.253. The molecule has 3 aliphatic rings. The Hall–Kier alpha value is -3.02. The van der Waals surface area contributed by atoms with Crippen LogP contribution in [0.2, 0.25) is 0 Å². The molecule has 0 aliphatic carbocycles. The Balaban J connectivity index is 1.60. The van der Waals surface area contributed by atoms with Crippen LogP contribution in [0.4, 0.5) is 4.79 Å². The van der Waals surface area contributed by atoms with Gasteiger partial charge in [0.05, 0.1) is 19.6 Å². The lowest BCUT2D eigenvalue weighted by Gasteiger charge is -2.33. The van der Waals surface area contributed by atoms with E-state index in [-0.39, 0.29) is 17.7 Å². The molecule has 0 aromatic carbocycles. The molecule has 170 valence electrons. The predicted molar refractivity (Wildman–Crippen MR) is 118 cm³/mol. The number of likely N-dealkylation sites (N-methyl/N-ethyl adjacent to an activating group) is 2. The lowest BCUT2D eigenvalue weighted by Crippen LogP contribution is -2.63. The fourth-order valence-electron chi connectivity index (χ4n) is 4.16. The van der Waals surface area contributed by atoms with E-state index in [0.717, 1.165) is 10.6 Å². The molecule has 12 heteroatoms. The molecule has 0 bridgehead atoms. The van der Waals surface area contributed by atoms with Gasteiger partial charge in [-0.25, -0.2) is 19.7 Å². The second kappa shape index (κ2) is 8.85. The number of guanidine groups is 1. The van der Waals surface area contributed by atoms with E-state index in [1.165, 1.54) is 23.7 Å². The number of nitrogens with zero attached hydrogens (tertiary/aromatic N) is 7. The van der Waals surface area contributed by atoms with Crippen molar-refractivity contribution >= 4 is 41.4 Å². The summed E-state index contributed by atoms with van der Waals surface area (Å²) in [5.74, 6) is 0.991. The maximum atomic E-state index is 13.1. The third-order valence-electron chi connectivity index (χ3n) is 6.03. The van der Waals surface area contributed by atoms with Gasteiger partial charge < -0.3 is 5.73 Å². The fraction of sp³-hybridized carbons (Fsp3) is 0.550. The van der Waals surface area contributed by atoms with Crippen LogP contribution in [0.3, 0.4) is 0 Å². The molecule has 0 radical (unpaired) electrons. The third kappa shape index (κ3) is 4.06.